The Hall–Kier alpha value is -0.220. The number of nitrogens with two attached hydrogens (primary N) is 1. The highest BCUT2D eigenvalue weighted by Crippen LogP contribution is 2.09. The maximum Gasteiger partial charge on any atom is 0.261 e. The fourth-order valence-corrected chi connectivity index (χ4v) is 1.74. The van der Waals surface area contributed by atoms with Crippen molar-refractivity contribution < 1.29 is 13.5 Å². The van der Waals surface area contributed by atoms with Crippen LogP contribution in [0.2, 0.25) is 0 Å². The van der Waals surface area contributed by atoms with Gasteiger partial charge in [-0.15, -0.1) is 0 Å². The standard InChI is InChI=1S/C13H27F2NO/c1-2-3-4-5-6-7-8-12(16)9-10-17-11-13(14)15/h12-13H,2-11,16H2,1H3. The third-order valence-electron chi connectivity index (χ3n) is 2.81. The van der Waals surface area contributed by atoms with Crippen LogP contribution in [0.3, 0.4) is 0 Å². The van der Waals surface area contributed by atoms with Crippen LogP contribution in [-0.4, -0.2) is 25.7 Å². The molecule has 4 heteroatoms. The van der Waals surface area contributed by atoms with Crippen molar-refractivity contribution in [2.24, 2.45) is 5.73 Å². The monoisotopic (exact) mass is 251 g/mol. The molecule has 104 valence electrons. The normalized spacial score (nSPS) is 13.2. The fraction of sp³-hybridized carbons (Fsp3) is 1.00. The van der Waals surface area contributed by atoms with E-state index in [1.165, 1.54) is 32.1 Å². The molecule has 0 aromatic heterocycles. The Balaban J connectivity index is 3.14. The Labute approximate surface area is 104 Å². The molecule has 0 fully saturated rings. The van der Waals surface area contributed by atoms with E-state index in [9.17, 15) is 8.78 Å². The summed E-state index contributed by atoms with van der Waals surface area (Å²) in [5.74, 6) is 0. The Morgan fingerprint density at radius 3 is 2.29 bits per heavy atom. The number of ether oxygens (including phenoxy) is 1. The van der Waals surface area contributed by atoms with Gasteiger partial charge in [0.05, 0.1) is 0 Å². The van der Waals surface area contributed by atoms with E-state index in [-0.39, 0.29) is 6.04 Å². The Bertz CT molecular complexity index is 156. The van der Waals surface area contributed by atoms with Crippen LogP contribution >= 0.6 is 0 Å². The first-order valence-electron chi connectivity index (χ1n) is 6.78. The molecule has 0 saturated heterocycles. The molecular weight excluding hydrogens is 224 g/mol. The molecule has 2 nitrogen and oxygen atoms in total. The molecule has 0 aromatic carbocycles. The lowest BCUT2D eigenvalue weighted by Gasteiger charge is -2.11. The van der Waals surface area contributed by atoms with Crippen molar-refractivity contribution >= 4 is 0 Å². The number of hydrogen-bond donors (Lipinski definition) is 1. The number of hydrogen-bond acceptors (Lipinski definition) is 2. The van der Waals surface area contributed by atoms with Gasteiger partial charge < -0.3 is 10.5 Å². The van der Waals surface area contributed by atoms with E-state index in [1.54, 1.807) is 0 Å². The van der Waals surface area contributed by atoms with Crippen molar-refractivity contribution in [3.63, 3.8) is 0 Å². The minimum atomic E-state index is -2.37. The first-order chi connectivity index (χ1) is 8.16. The molecule has 0 aliphatic rings. The van der Waals surface area contributed by atoms with E-state index in [0.29, 0.717) is 13.0 Å². The summed E-state index contributed by atoms with van der Waals surface area (Å²) in [6, 6.07) is 0.0962. The molecule has 0 aliphatic heterocycles. The zero-order valence-corrected chi connectivity index (χ0v) is 11.0. The second kappa shape index (κ2) is 12.2. The van der Waals surface area contributed by atoms with Gasteiger partial charge in [0.1, 0.15) is 6.61 Å². The molecule has 0 bridgehead atoms. The van der Waals surface area contributed by atoms with Crippen molar-refractivity contribution in [3.8, 4) is 0 Å². The molecule has 0 rings (SSSR count). The highest BCUT2D eigenvalue weighted by Gasteiger charge is 2.05. The number of unbranched alkanes of at least 4 members (excludes halogenated alkanes) is 5. The fourth-order valence-electron chi connectivity index (χ4n) is 1.74. The average Bonchev–Trinajstić information content (AvgIpc) is 2.29. The van der Waals surface area contributed by atoms with E-state index in [0.717, 1.165) is 12.8 Å². The molecule has 0 radical (unpaired) electrons. The molecule has 0 saturated carbocycles. The Morgan fingerprint density at radius 2 is 1.65 bits per heavy atom. The lowest BCUT2D eigenvalue weighted by Crippen LogP contribution is -2.22. The third-order valence-corrected chi connectivity index (χ3v) is 2.81. The number of halogens is 2. The van der Waals surface area contributed by atoms with E-state index < -0.39 is 13.0 Å². The summed E-state index contributed by atoms with van der Waals surface area (Å²) in [7, 11) is 0. The summed E-state index contributed by atoms with van der Waals surface area (Å²) in [6.07, 6.45) is 6.82. The van der Waals surface area contributed by atoms with Crippen LogP contribution in [0.5, 0.6) is 0 Å². The molecular formula is C13H27F2NO. The molecule has 0 aliphatic carbocycles. The molecule has 1 unspecified atom stereocenters. The molecule has 0 spiro atoms. The zero-order valence-electron chi connectivity index (χ0n) is 11.0. The van der Waals surface area contributed by atoms with Crippen LogP contribution in [0.4, 0.5) is 8.78 Å². The smallest absolute Gasteiger partial charge is 0.261 e. The van der Waals surface area contributed by atoms with Crippen LogP contribution in [0, 0.1) is 0 Å². The van der Waals surface area contributed by atoms with Gasteiger partial charge in [-0.05, 0) is 12.8 Å². The van der Waals surface area contributed by atoms with Gasteiger partial charge in [0.15, 0.2) is 0 Å². The van der Waals surface area contributed by atoms with Crippen molar-refractivity contribution in [3.05, 3.63) is 0 Å². The SMILES string of the molecule is CCCCCCCCC(N)CCOCC(F)F. The van der Waals surface area contributed by atoms with Crippen LogP contribution in [-0.2, 0) is 4.74 Å². The van der Waals surface area contributed by atoms with Gasteiger partial charge in [-0.3, -0.25) is 0 Å². The van der Waals surface area contributed by atoms with Crippen LogP contribution < -0.4 is 5.73 Å². The van der Waals surface area contributed by atoms with Crippen LogP contribution in [0.15, 0.2) is 0 Å². The molecule has 0 heterocycles. The topological polar surface area (TPSA) is 35.2 Å². The van der Waals surface area contributed by atoms with E-state index in [1.807, 2.05) is 0 Å². The van der Waals surface area contributed by atoms with Gasteiger partial charge in [0, 0.05) is 12.6 Å². The van der Waals surface area contributed by atoms with E-state index >= 15 is 0 Å². The molecule has 2 N–H and O–H groups in total. The number of rotatable bonds is 12. The van der Waals surface area contributed by atoms with Gasteiger partial charge in [0.25, 0.3) is 6.43 Å². The maximum atomic E-state index is 11.8. The maximum absolute atomic E-state index is 11.8. The second-order valence-electron chi connectivity index (χ2n) is 4.57. The first-order valence-corrected chi connectivity index (χ1v) is 6.78. The second-order valence-corrected chi connectivity index (χ2v) is 4.57. The minimum absolute atomic E-state index is 0.0962. The summed E-state index contributed by atoms with van der Waals surface area (Å²) in [4.78, 5) is 0. The van der Waals surface area contributed by atoms with Crippen LogP contribution in [0.1, 0.15) is 58.3 Å². The minimum Gasteiger partial charge on any atom is -0.375 e. The zero-order chi connectivity index (χ0) is 12.9. The summed E-state index contributed by atoms with van der Waals surface area (Å²) in [6.45, 7) is 2.08. The molecule has 1 atom stereocenters. The third kappa shape index (κ3) is 13.7. The number of alkyl halides is 2. The lowest BCUT2D eigenvalue weighted by atomic mass is 10.0. The van der Waals surface area contributed by atoms with E-state index in [2.05, 4.69) is 6.92 Å². The lowest BCUT2D eigenvalue weighted by molar-refractivity contribution is 0.0150. The van der Waals surface area contributed by atoms with Crippen molar-refractivity contribution in [1.29, 1.82) is 0 Å². The summed E-state index contributed by atoms with van der Waals surface area (Å²) < 4.78 is 28.3. The van der Waals surface area contributed by atoms with Gasteiger partial charge in [0.2, 0.25) is 0 Å². The Kier molecular flexibility index (Phi) is 12.1. The highest BCUT2D eigenvalue weighted by molar-refractivity contribution is 4.61. The molecule has 0 aromatic rings. The van der Waals surface area contributed by atoms with Crippen molar-refractivity contribution in [2.75, 3.05) is 13.2 Å². The van der Waals surface area contributed by atoms with Crippen molar-refractivity contribution in [1.82, 2.24) is 0 Å². The van der Waals surface area contributed by atoms with Crippen molar-refractivity contribution in [2.45, 2.75) is 70.8 Å². The Morgan fingerprint density at radius 1 is 1.00 bits per heavy atom. The van der Waals surface area contributed by atoms with Gasteiger partial charge >= 0.3 is 0 Å². The van der Waals surface area contributed by atoms with Gasteiger partial charge in [-0.2, -0.15) is 0 Å². The van der Waals surface area contributed by atoms with E-state index in [4.69, 9.17) is 10.5 Å². The average molecular weight is 251 g/mol. The molecule has 0 amide bonds. The summed E-state index contributed by atoms with van der Waals surface area (Å²) >= 11 is 0. The summed E-state index contributed by atoms with van der Waals surface area (Å²) in [5.41, 5.74) is 5.86. The highest BCUT2D eigenvalue weighted by atomic mass is 19.3. The van der Waals surface area contributed by atoms with Gasteiger partial charge in [-0.25, -0.2) is 8.78 Å². The predicted molar refractivity (Wildman–Crippen MR) is 67.4 cm³/mol. The predicted octanol–water partition coefficient (Wildman–Crippen LogP) is 3.74. The first kappa shape index (κ1) is 16.8. The quantitative estimate of drug-likeness (QED) is 0.536. The van der Waals surface area contributed by atoms with Crippen LogP contribution in [0.25, 0.3) is 0 Å². The largest absolute Gasteiger partial charge is 0.375 e. The van der Waals surface area contributed by atoms with Gasteiger partial charge in [-0.1, -0.05) is 45.4 Å². The summed E-state index contributed by atoms with van der Waals surface area (Å²) in [5, 5.41) is 0. The molecule has 17 heavy (non-hydrogen) atoms.